The Bertz CT molecular complexity index is 655. The molecule has 0 N–H and O–H groups in total. The molecule has 0 aromatic heterocycles. The van der Waals surface area contributed by atoms with Crippen molar-refractivity contribution in [3.63, 3.8) is 0 Å². The highest BCUT2D eigenvalue weighted by Crippen LogP contribution is 2.22. The van der Waals surface area contributed by atoms with Crippen LogP contribution in [0.5, 0.6) is 5.75 Å². The fraction of sp³-hybridized carbons (Fsp3) is 0.176. The minimum absolute atomic E-state index is 0.258. The van der Waals surface area contributed by atoms with Crippen LogP contribution in [0.4, 0.5) is 0 Å². The monoisotopic (exact) mass is 318 g/mol. The van der Waals surface area contributed by atoms with Crippen LogP contribution >= 0.6 is 11.6 Å². The predicted octanol–water partition coefficient (Wildman–Crippen LogP) is 3.53. The van der Waals surface area contributed by atoms with Gasteiger partial charge in [-0.2, -0.15) is 0 Å². The lowest BCUT2D eigenvalue weighted by molar-refractivity contribution is -0.148. The molecule has 114 valence electrons. The molecule has 0 heterocycles. The minimum Gasteiger partial charge on any atom is -0.480 e. The lowest BCUT2D eigenvalue weighted by atomic mass is 10.1. The summed E-state index contributed by atoms with van der Waals surface area (Å²) in [6, 6.07) is 15.5. The van der Waals surface area contributed by atoms with E-state index in [4.69, 9.17) is 21.1 Å². The van der Waals surface area contributed by atoms with Gasteiger partial charge in [0.25, 0.3) is 0 Å². The zero-order chi connectivity index (χ0) is 15.9. The summed E-state index contributed by atoms with van der Waals surface area (Å²) in [6.07, 6.45) is -0.871. The Morgan fingerprint density at radius 2 is 1.68 bits per heavy atom. The van der Waals surface area contributed by atoms with Gasteiger partial charge in [-0.3, -0.25) is 4.79 Å². The van der Waals surface area contributed by atoms with E-state index in [0.29, 0.717) is 16.3 Å². The molecule has 2 aromatic carbocycles. The maximum absolute atomic E-state index is 12.1. The van der Waals surface area contributed by atoms with Crippen LogP contribution in [0.2, 0.25) is 5.02 Å². The molecular formula is C17H15ClO4. The van der Waals surface area contributed by atoms with Gasteiger partial charge in [0.1, 0.15) is 5.75 Å². The van der Waals surface area contributed by atoms with Crippen molar-refractivity contribution >= 4 is 23.4 Å². The maximum Gasteiger partial charge on any atom is 0.344 e. The molecule has 4 nitrogen and oxygen atoms in total. The second-order valence-electron chi connectivity index (χ2n) is 4.58. The highest BCUT2D eigenvalue weighted by atomic mass is 35.5. The molecule has 2 rings (SSSR count). The summed E-state index contributed by atoms with van der Waals surface area (Å²) >= 11 is 5.91. The molecule has 0 fully saturated rings. The summed E-state index contributed by atoms with van der Waals surface area (Å²) < 4.78 is 10.3. The van der Waals surface area contributed by atoms with Gasteiger partial charge in [0.15, 0.2) is 12.7 Å². The van der Waals surface area contributed by atoms with Gasteiger partial charge >= 0.3 is 5.97 Å². The Labute approximate surface area is 133 Å². The van der Waals surface area contributed by atoms with Crippen LogP contribution in [0.3, 0.4) is 0 Å². The fourth-order valence-corrected chi connectivity index (χ4v) is 2.01. The molecule has 0 spiro atoms. The third-order valence-electron chi connectivity index (χ3n) is 2.92. The average Bonchev–Trinajstić information content (AvgIpc) is 2.54. The van der Waals surface area contributed by atoms with E-state index in [1.54, 1.807) is 48.5 Å². The second kappa shape index (κ2) is 7.61. The number of carbonyl (C=O) groups excluding carboxylic acids is 2. The van der Waals surface area contributed by atoms with E-state index in [1.807, 2.05) is 6.07 Å². The number of ketones is 1. The number of hydrogen-bond donors (Lipinski definition) is 0. The number of rotatable bonds is 6. The van der Waals surface area contributed by atoms with Crippen molar-refractivity contribution < 1.29 is 19.1 Å². The van der Waals surface area contributed by atoms with Crippen molar-refractivity contribution in [2.24, 2.45) is 0 Å². The largest absolute Gasteiger partial charge is 0.480 e. The molecule has 0 aliphatic carbocycles. The van der Waals surface area contributed by atoms with Crippen molar-refractivity contribution in [1.29, 1.82) is 0 Å². The molecule has 0 aliphatic heterocycles. The zero-order valence-corrected chi connectivity index (χ0v) is 12.7. The van der Waals surface area contributed by atoms with Crippen LogP contribution in [0.25, 0.3) is 0 Å². The smallest absolute Gasteiger partial charge is 0.344 e. The molecule has 0 amide bonds. The average molecular weight is 319 g/mol. The molecule has 0 saturated carbocycles. The van der Waals surface area contributed by atoms with Crippen LogP contribution < -0.4 is 4.74 Å². The van der Waals surface area contributed by atoms with Gasteiger partial charge in [-0.25, -0.2) is 4.79 Å². The van der Waals surface area contributed by atoms with Gasteiger partial charge in [-0.15, -0.1) is 0 Å². The maximum atomic E-state index is 12.1. The van der Waals surface area contributed by atoms with Crippen molar-refractivity contribution in [1.82, 2.24) is 0 Å². The summed E-state index contributed by atoms with van der Waals surface area (Å²) in [6.45, 7) is 1.22. The first kappa shape index (κ1) is 16.0. The number of halogens is 1. The summed E-state index contributed by atoms with van der Waals surface area (Å²) in [4.78, 5) is 23.8. The highest BCUT2D eigenvalue weighted by molar-refractivity contribution is 6.32. The SMILES string of the molecule is CC(OC(=O)COc1ccccc1Cl)C(=O)c1ccccc1. The van der Waals surface area contributed by atoms with Crippen LogP contribution in [0.1, 0.15) is 17.3 Å². The topological polar surface area (TPSA) is 52.6 Å². The van der Waals surface area contributed by atoms with E-state index < -0.39 is 12.1 Å². The summed E-state index contributed by atoms with van der Waals surface area (Å²) in [5.74, 6) is -0.494. The molecule has 2 aromatic rings. The van der Waals surface area contributed by atoms with Crippen LogP contribution in [-0.2, 0) is 9.53 Å². The number of ether oxygens (including phenoxy) is 2. The Balaban J connectivity index is 1.87. The van der Waals surface area contributed by atoms with E-state index in [-0.39, 0.29) is 12.4 Å². The fourth-order valence-electron chi connectivity index (χ4n) is 1.82. The molecule has 5 heteroatoms. The van der Waals surface area contributed by atoms with Gasteiger partial charge < -0.3 is 9.47 Å². The Hall–Kier alpha value is -2.33. The van der Waals surface area contributed by atoms with Crippen LogP contribution in [0.15, 0.2) is 54.6 Å². The van der Waals surface area contributed by atoms with Crippen molar-refractivity contribution in [3.05, 3.63) is 65.2 Å². The van der Waals surface area contributed by atoms with Crippen molar-refractivity contribution in [2.45, 2.75) is 13.0 Å². The van der Waals surface area contributed by atoms with Gasteiger partial charge in [0, 0.05) is 5.56 Å². The summed E-state index contributed by atoms with van der Waals surface area (Å²) in [5.41, 5.74) is 0.495. The number of para-hydroxylation sites is 1. The second-order valence-corrected chi connectivity index (χ2v) is 4.99. The molecule has 1 atom stereocenters. The number of esters is 1. The van der Waals surface area contributed by atoms with E-state index in [2.05, 4.69) is 0 Å². The molecule has 1 unspecified atom stereocenters. The quantitative estimate of drug-likeness (QED) is 0.604. The molecular weight excluding hydrogens is 304 g/mol. The summed E-state index contributed by atoms with van der Waals surface area (Å²) in [5, 5.41) is 0.406. The molecule has 0 bridgehead atoms. The van der Waals surface area contributed by atoms with Crippen LogP contribution in [0, 0.1) is 0 Å². The molecule has 22 heavy (non-hydrogen) atoms. The number of benzene rings is 2. The van der Waals surface area contributed by atoms with Gasteiger partial charge in [-0.05, 0) is 19.1 Å². The van der Waals surface area contributed by atoms with E-state index in [9.17, 15) is 9.59 Å². The lowest BCUT2D eigenvalue weighted by Crippen LogP contribution is -2.27. The third kappa shape index (κ3) is 4.33. The molecule has 0 aliphatic rings. The predicted molar refractivity (Wildman–Crippen MR) is 83.3 cm³/mol. The minimum atomic E-state index is -0.871. The van der Waals surface area contributed by atoms with E-state index in [1.165, 1.54) is 6.92 Å². The normalized spacial score (nSPS) is 11.5. The van der Waals surface area contributed by atoms with E-state index >= 15 is 0 Å². The Kier molecular flexibility index (Phi) is 5.55. The van der Waals surface area contributed by atoms with Gasteiger partial charge in [-0.1, -0.05) is 54.1 Å². The molecule has 0 saturated heterocycles. The standard InChI is InChI=1S/C17H15ClO4/c1-12(17(20)13-7-3-2-4-8-13)22-16(19)11-21-15-10-6-5-9-14(15)18/h2-10,12H,11H2,1H3. The number of carbonyl (C=O) groups is 2. The first-order valence-corrected chi connectivity index (χ1v) is 7.12. The zero-order valence-electron chi connectivity index (χ0n) is 12.0. The van der Waals surface area contributed by atoms with Crippen molar-refractivity contribution in [3.8, 4) is 5.75 Å². The highest BCUT2D eigenvalue weighted by Gasteiger charge is 2.19. The van der Waals surface area contributed by atoms with Crippen LogP contribution in [-0.4, -0.2) is 24.5 Å². The summed E-state index contributed by atoms with van der Waals surface area (Å²) in [7, 11) is 0. The first-order valence-electron chi connectivity index (χ1n) is 6.74. The Morgan fingerprint density at radius 3 is 2.36 bits per heavy atom. The van der Waals surface area contributed by atoms with Crippen molar-refractivity contribution in [2.75, 3.05) is 6.61 Å². The number of hydrogen-bond acceptors (Lipinski definition) is 4. The Morgan fingerprint density at radius 1 is 1.05 bits per heavy atom. The first-order chi connectivity index (χ1) is 10.6. The van der Waals surface area contributed by atoms with Gasteiger partial charge in [0.05, 0.1) is 5.02 Å². The third-order valence-corrected chi connectivity index (χ3v) is 3.23. The van der Waals surface area contributed by atoms with E-state index in [0.717, 1.165) is 0 Å². The number of Topliss-reactive ketones (excluding diaryl/α,β-unsaturated/α-hetero) is 1. The lowest BCUT2D eigenvalue weighted by Gasteiger charge is -2.13. The molecule has 0 radical (unpaired) electrons. The van der Waals surface area contributed by atoms with Gasteiger partial charge in [0.2, 0.25) is 5.78 Å².